The Bertz CT molecular complexity index is 690. The Labute approximate surface area is 117 Å². The van der Waals surface area contributed by atoms with Crippen molar-refractivity contribution >= 4 is 22.4 Å². The maximum atomic E-state index is 4.39. The molecule has 20 heavy (non-hydrogen) atoms. The highest BCUT2D eigenvalue weighted by Crippen LogP contribution is 2.21. The molecule has 5 nitrogen and oxygen atoms in total. The lowest BCUT2D eigenvalue weighted by Crippen LogP contribution is -2.14. The first-order valence-corrected chi connectivity index (χ1v) is 6.67. The van der Waals surface area contributed by atoms with Gasteiger partial charge in [0.05, 0.1) is 16.6 Å². The minimum Gasteiger partial charge on any atom is -0.383 e. The van der Waals surface area contributed by atoms with E-state index in [0.29, 0.717) is 0 Å². The molecule has 102 valence electrons. The molecule has 1 aromatic carbocycles. The summed E-state index contributed by atoms with van der Waals surface area (Å²) < 4.78 is 0. The van der Waals surface area contributed by atoms with Gasteiger partial charge in [0.15, 0.2) is 0 Å². The second-order valence-corrected chi connectivity index (χ2v) is 4.61. The van der Waals surface area contributed by atoms with Crippen LogP contribution in [0.3, 0.4) is 0 Å². The van der Waals surface area contributed by atoms with Gasteiger partial charge in [-0.3, -0.25) is 5.10 Å². The highest BCUT2D eigenvalue weighted by atomic mass is 15.1. The topological polar surface area (TPSA) is 65.6 Å². The predicted molar refractivity (Wildman–Crippen MR) is 82.0 cm³/mol. The molecule has 3 N–H and O–H groups in total. The van der Waals surface area contributed by atoms with Crippen molar-refractivity contribution in [2.45, 2.75) is 6.92 Å². The maximum Gasteiger partial charge on any atom is 0.137 e. The normalized spacial score (nSPS) is 10.7. The number of para-hydroxylation sites is 1. The fraction of sp³-hybridized carbons (Fsp3) is 0.200. The lowest BCUT2D eigenvalue weighted by atomic mass is 10.2. The van der Waals surface area contributed by atoms with Crippen LogP contribution in [0.5, 0.6) is 0 Å². The van der Waals surface area contributed by atoms with E-state index in [9.17, 15) is 0 Å². The quantitative estimate of drug-likeness (QED) is 0.622. The largest absolute Gasteiger partial charge is 0.383 e. The van der Waals surface area contributed by atoms with Crippen molar-refractivity contribution in [3.8, 4) is 0 Å². The Morgan fingerprint density at radius 3 is 2.70 bits per heavy atom. The summed E-state index contributed by atoms with van der Waals surface area (Å²) in [5.74, 6) is 0.878. The van der Waals surface area contributed by atoms with E-state index in [1.807, 2.05) is 31.2 Å². The molecule has 0 unspecified atom stereocenters. The lowest BCUT2D eigenvalue weighted by Gasteiger charge is -2.09. The summed E-state index contributed by atoms with van der Waals surface area (Å²) in [6, 6.07) is 12.1. The van der Waals surface area contributed by atoms with Crippen molar-refractivity contribution in [1.29, 1.82) is 0 Å². The van der Waals surface area contributed by atoms with Crippen molar-refractivity contribution < 1.29 is 0 Å². The van der Waals surface area contributed by atoms with Gasteiger partial charge >= 0.3 is 0 Å². The summed E-state index contributed by atoms with van der Waals surface area (Å²) in [4.78, 5) is 4.39. The summed E-state index contributed by atoms with van der Waals surface area (Å²) in [6.45, 7) is 3.61. The van der Waals surface area contributed by atoms with Crippen molar-refractivity contribution in [3.05, 3.63) is 48.3 Å². The zero-order valence-electron chi connectivity index (χ0n) is 11.4. The molecular formula is C15H17N5. The molecule has 3 aromatic rings. The number of aromatic nitrogens is 3. The Morgan fingerprint density at radius 1 is 1.05 bits per heavy atom. The second-order valence-electron chi connectivity index (χ2n) is 4.61. The molecule has 0 saturated heterocycles. The number of rotatable bonds is 5. The number of fused-ring (bicyclic) bond motifs is 1. The summed E-state index contributed by atoms with van der Waals surface area (Å²) in [6.07, 6.45) is 1.78. The van der Waals surface area contributed by atoms with Crippen LogP contribution in [-0.4, -0.2) is 28.3 Å². The molecule has 0 aliphatic carbocycles. The summed E-state index contributed by atoms with van der Waals surface area (Å²) >= 11 is 0. The molecule has 0 saturated carbocycles. The Morgan fingerprint density at radius 2 is 1.85 bits per heavy atom. The first-order valence-electron chi connectivity index (χ1n) is 6.67. The molecule has 0 atom stereocenters. The number of anilines is 2. The number of aromatic amines is 1. The van der Waals surface area contributed by atoms with E-state index in [1.54, 1.807) is 6.20 Å². The van der Waals surface area contributed by atoms with Crippen molar-refractivity contribution in [2.75, 3.05) is 23.7 Å². The fourth-order valence-corrected chi connectivity index (χ4v) is 2.20. The van der Waals surface area contributed by atoms with E-state index in [4.69, 9.17) is 0 Å². The number of H-pyrrole nitrogens is 1. The minimum atomic E-state index is 0.797. The fourth-order valence-electron chi connectivity index (χ4n) is 2.20. The smallest absolute Gasteiger partial charge is 0.137 e. The third-order valence-corrected chi connectivity index (χ3v) is 3.18. The number of nitrogens with zero attached hydrogens (tertiary/aromatic N) is 2. The van der Waals surface area contributed by atoms with E-state index in [1.165, 1.54) is 0 Å². The van der Waals surface area contributed by atoms with Gasteiger partial charge in [-0.15, -0.1) is 0 Å². The first kappa shape index (κ1) is 12.5. The molecule has 0 amide bonds. The van der Waals surface area contributed by atoms with E-state index in [2.05, 4.69) is 37.9 Å². The van der Waals surface area contributed by atoms with E-state index in [-0.39, 0.29) is 0 Å². The molecule has 0 aliphatic rings. The number of aryl methyl sites for hydroxylation is 1. The number of hydrogen-bond donors (Lipinski definition) is 3. The van der Waals surface area contributed by atoms with Crippen LogP contribution in [0.4, 0.5) is 11.5 Å². The van der Waals surface area contributed by atoms with Gasteiger partial charge < -0.3 is 10.6 Å². The predicted octanol–water partition coefficient (Wildman–Crippen LogP) is 2.79. The van der Waals surface area contributed by atoms with E-state index < -0.39 is 0 Å². The highest BCUT2D eigenvalue weighted by molar-refractivity contribution is 5.91. The molecule has 2 aromatic heterocycles. The van der Waals surface area contributed by atoms with E-state index >= 15 is 0 Å². The highest BCUT2D eigenvalue weighted by Gasteiger charge is 2.07. The maximum absolute atomic E-state index is 4.39. The molecule has 0 bridgehead atoms. The van der Waals surface area contributed by atoms with Crippen LogP contribution in [0.2, 0.25) is 0 Å². The van der Waals surface area contributed by atoms with Crippen molar-refractivity contribution in [1.82, 2.24) is 15.2 Å². The van der Waals surface area contributed by atoms with Gasteiger partial charge in [-0.1, -0.05) is 18.2 Å². The van der Waals surface area contributed by atoms with Crippen molar-refractivity contribution in [3.63, 3.8) is 0 Å². The number of hydrogen-bond acceptors (Lipinski definition) is 4. The third-order valence-electron chi connectivity index (χ3n) is 3.18. The Kier molecular flexibility index (Phi) is 3.50. The Balaban J connectivity index is 1.61. The molecule has 5 heteroatoms. The number of nitrogens with one attached hydrogen (secondary N) is 3. The molecule has 0 spiro atoms. The summed E-state index contributed by atoms with van der Waals surface area (Å²) in [7, 11) is 0. The van der Waals surface area contributed by atoms with Crippen LogP contribution >= 0.6 is 0 Å². The van der Waals surface area contributed by atoms with Gasteiger partial charge in [0.2, 0.25) is 0 Å². The lowest BCUT2D eigenvalue weighted by molar-refractivity contribution is 1.06. The molecular weight excluding hydrogens is 250 g/mol. The third kappa shape index (κ3) is 2.56. The van der Waals surface area contributed by atoms with Gasteiger partial charge in [0.25, 0.3) is 0 Å². The average Bonchev–Trinajstić information content (AvgIpc) is 2.87. The van der Waals surface area contributed by atoms with Gasteiger partial charge in [-0.25, -0.2) is 4.98 Å². The standard InChI is InChI=1S/C15H17N5/c1-11-14-13(20-19-11)7-8-17-15(14)18-10-9-16-12-5-3-2-4-6-12/h2-8,16H,9-10H2,1H3,(H,17,18)(H,19,20). The molecule has 0 fully saturated rings. The summed E-state index contributed by atoms with van der Waals surface area (Å²) in [5.41, 5.74) is 3.10. The van der Waals surface area contributed by atoms with Gasteiger partial charge in [0.1, 0.15) is 5.82 Å². The zero-order valence-corrected chi connectivity index (χ0v) is 11.4. The SMILES string of the molecule is Cc1n[nH]c2ccnc(NCCNc3ccccc3)c12. The first-order chi connectivity index (χ1) is 9.84. The van der Waals surface area contributed by atoms with Crippen LogP contribution in [-0.2, 0) is 0 Å². The van der Waals surface area contributed by atoms with Gasteiger partial charge in [-0.05, 0) is 25.1 Å². The van der Waals surface area contributed by atoms with Crippen LogP contribution < -0.4 is 10.6 Å². The second kappa shape index (κ2) is 5.61. The zero-order chi connectivity index (χ0) is 13.8. The summed E-state index contributed by atoms with van der Waals surface area (Å²) in [5, 5.41) is 15.0. The Hall–Kier alpha value is -2.56. The average molecular weight is 267 g/mol. The number of benzene rings is 1. The van der Waals surface area contributed by atoms with Crippen LogP contribution in [0.15, 0.2) is 42.6 Å². The van der Waals surface area contributed by atoms with E-state index in [0.717, 1.165) is 41.2 Å². The monoisotopic (exact) mass is 267 g/mol. The minimum absolute atomic E-state index is 0.797. The van der Waals surface area contributed by atoms with Crippen LogP contribution in [0, 0.1) is 6.92 Å². The molecule has 3 rings (SSSR count). The van der Waals surface area contributed by atoms with Gasteiger partial charge in [0, 0.05) is 25.0 Å². The van der Waals surface area contributed by atoms with Crippen LogP contribution in [0.25, 0.3) is 10.9 Å². The number of pyridine rings is 1. The van der Waals surface area contributed by atoms with Gasteiger partial charge in [-0.2, -0.15) is 5.10 Å². The van der Waals surface area contributed by atoms with Crippen LogP contribution in [0.1, 0.15) is 5.69 Å². The molecule has 2 heterocycles. The molecule has 0 aliphatic heterocycles. The van der Waals surface area contributed by atoms with Crippen molar-refractivity contribution in [2.24, 2.45) is 0 Å². The molecule has 0 radical (unpaired) electrons.